The fourth-order valence-corrected chi connectivity index (χ4v) is 5.25. The van der Waals surface area contributed by atoms with Crippen molar-refractivity contribution in [1.82, 2.24) is 4.72 Å². The number of benzene rings is 1. The van der Waals surface area contributed by atoms with Crippen molar-refractivity contribution >= 4 is 25.5 Å². The highest BCUT2D eigenvalue weighted by Gasteiger charge is 2.31. The summed E-state index contributed by atoms with van der Waals surface area (Å²) in [4.78, 5) is -0.0117. The zero-order valence-corrected chi connectivity index (χ0v) is 12.1. The first-order valence-electron chi connectivity index (χ1n) is 5.78. The SMILES string of the molecule is Cc1ccc(S(=O)(=O)NC2CCS(=O)(=O)C2)c(N)c1. The third-order valence-corrected chi connectivity index (χ3v) is 6.37. The second-order valence-corrected chi connectivity index (χ2v) is 8.67. The van der Waals surface area contributed by atoms with Crippen LogP contribution in [0, 0.1) is 6.92 Å². The van der Waals surface area contributed by atoms with E-state index < -0.39 is 25.9 Å². The molecule has 1 atom stereocenters. The van der Waals surface area contributed by atoms with Crippen LogP contribution in [0.3, 0.4) is 0 Å². The first-order chi connectivity index (χ1) is 8.70. The van der Waals surface area contributed by atoms with Crippen molar-refractivity contribution in [3.05, 3.63) is 23.8 Å². The molecule has 6 nitrogen and oxygen atoms in total. The number of hydrogen-bond donors (Lipinski definition) is 2. The molecule has 19 heavy (non-hydrogen) atoms. The maximum absolute atomic E-state index is 12.1. The summed E-state index contributed by atoms with van der Waals surface area (Å²) in [5.41, 5.74) is 6.72. The van der Waals surface area contributed by atoms with E-state index in [1.807, 2.05) is 6.92 Å². The number of anilines is 1. The Morgan fingerprint density at radius 2 is 2.05 bits per heavy atom. The van der Waals surface area contributed by atoms with Gasteiger partial charge in [0.2, 0.25) is 10.0 Å². The number of sulfonamides is 1. The molecule has 2 rings (SSSR count). The zero-order valence-electron chi connectivity index (χ0n) is 10.5. The number of nitrogens with two attached hydrogens (primary N) is 1. The van der Waals surface area contributed by atoms with Crippen molar-refractivity contribution in [2.75, 3.05) is 17.2 Å². The maximum Gasteiger partial charge on any atom is 0.242 e. The van der Waals surface area contributed by atoms with Gasteiger partial charge in [0.1, 0.15) is 4.90 Å². The molecule has 0 saturated carbocycles. The van der Waals surface area contributed by atoms with Crippen molar-refractivity contribution in [2.45, 2.75) is 24.3 Å². The summed E-state index contributed by atoms with van der Waals surface area (Å²) in [6, 6.07) is 4.07. The third-order valence-electron chi connectivity index (χ3n) is 3.01. The van der Waals surface area contributed by atoms with Crippen LogP contribution in [0.4, 0.5) is 5.69 Å². The topological polar surface area (TPSA) is 106 Å². The summed E-state index contributed by atoms with van der Waals surface area (Å²) in [5, 5.41) is 0. The van der Waals surface area contributed by atoms with Gasteiger partial charge in [-0.05, 0) is 31.0 Å². The Balaban J connectivity index is 2.24. The van der Waals surface area contributed by atoms with Gasteiger partial charge >= 0.3 is 0 Å². The van der Waals surface area contributed by atoms with Crippen LogP contribution < -0.4 is 10.5 Å². The summed E-state index contributed by atoms with van der Waals surface area (Å²) in [7, 11) is -6.91. The molecule has 0 radical (unpaired) electrons. The molecule has 0 bridgehead atoms. The number of nitrogens with one attached hydrogen (secondary N) is 1. The average Bonchev–Trinajstić information content (AvgIpc) is 2.56. The summed E-state index contributed by atoms with van der Waals surface area (Å²) in [5.74, 6) is -0.137. The Labute approximate surface area is 113 Å². The van der Waals surface area contributed by atoms with Crippen LogP contribution in [0.15, 0.2) is 23.1 Å². The molecule has 3 N–H and O–H groups in total. The molecule has 0 aliphatic carbocycles. The van der Waals surface area contributed by atoms with Gasteiger partial charge in [-0.3, -0.25) is 0 Å². The number of aryl methyl sites for hydroxylation is 1. The molecule has 8 heteroatoms. The largest absolute Gasteiger partial charge is 0.398 e. The highest BCUT2D eigenvalue weighted by atomic mass is 32.2. The summed E-state index contributed by atoms with van der Waals surface area (Å²) < 4.78 is 49.3. The molecule has 0 spiro atoms. The molecule has 1 aromatic carbocycles. The van der Waals surface area contributed by atoms with Gasteiger partial charge < -0.3 is 5.73 Å². The van der Waals surface area contributed by atoms with Crippen molar-refractivity contribution in [3.63, 3.8) is 0 Å². The van der Waals surface area contributed by atoms with Gasteiger partial charge in [0.05, 0.1) is 17.2 Å². The van der Waals surface area contributed by atoms with E-state index in [4.69, 9.17) is 5.73 Å². The number of sulfone groups is 1. The predicted octanol–water partition coefficient (Wildman–Crippen LogP) is 0.0426. The molecule has 1 fully saturated rings. The Kier molecular flexibility index (Phi) is 3.59. The average molecular weight is 304 g/mol. The zero-order chi connectivity index (χ0) is 14.3. The van der Waals surface area contributed by atoms with Crippen LogP contribution in [0.2, 0.25) is 0 Å². The molecule has 106 valence electrons. The normalized spacial score (nSPS) is 22.5. The highest BCUT2D eigenvalue weighted by Crippen LogP contribution is 2.21. The predicted molar refractivity (Wildman–Crippen MR) is 73.0 cm³/mol. The van der Waals surface area contributed by atoms with E-state index in [9.17, 15) is 16.8 Å². The molecular formula is C11H16N2O4S2. The first kappa shape index (κ1) is 14.3. The van der Waals surface area contributed by atoms with E-state index in [0.717, 1.165) is 5.56 Å². The molecule has 0 aromatic heterocycles. The van der Waals surface area contributed by atoms with Gasteiger partial charge in [0, 0.05) is 6.04 Å². The lowest BCUT2D eigenvalue weighted by Gasteiger charge is -2.13. The molecule has 1 aromatic rings. The molecule has 1 saturated heterocycles. The van der Waals surface area contributed by atoms with E-state index >= 15 is 0 Å². The molecule has 1 unspecified atom stereocenters. The fraction of sp³-hybridized carbons (Fsp3) is 0.455. The van der Waals surface area contributed by atoms with Crippen LogP contribution in [0.1, 0.15) is 12.0 Å². The minimum atomic E-state index is -3.78. The van der Waals surface area contributed by atoms with E-state index in [1.165, 1.54) is 6.07 Å². The number of rotatable bonds is 3. The second-order valence-electron chi connectivity index (χ2n) is 4.76. The van der Waals surface area contributed by atoms with Gasteiger partial charge in [-0.1, -0.05) is 6.07 Å². The van der Waals surface area contributed by atoms with Gasteiger partial charge in [-0.25, -0.2) is 21.6 Å². The monoisotopic (exact) mass is 304 g/mol. The third kappa shape index (κ3) is 3.26. The second kappa shape index (κ2) is 4.77. The summed E-state index contributed by atoms with van der Waals surface area (Å²) in [6.07, 6.45) is 0.299. The first-order valence-corrected chi connectivity index (χ1v) is 9.09. The van der Waals surface area contributed by atoms with Gasteiger partial charge in [-0.15, -0.1) is 0 Å². The summed E-state index contributed by atoms with van der Waals surface area (Å²) >= 11 is 0. The Morgan fingerprint density at radius 3 is 2.58 bits per heavy atom. The Morgan fingerprint density at radius 1 is 1.37 bits per heavy atom. The standard InChI is InChI=1S/C11H16N2O4S2/c1-8-2-3-11(10(12)6-8)19(16,17)13-9-4-5-18(14,15)7-9/h2-3,6,9,13H,4-5,7,12H2,1H3. The van der Waals surface area contributed by atoms with Crippen molar-refractivity contribution < 1.29 is 16.8 Å². The van der Waals surface area contributed by atoms with Gasteiger partial charge in [0.25, 0.3) is 0 Å². The van der Waals surface area contributed by atoms with E-state index in [0.29, 0.717) is 6.42 Å². The lowest BCUT2D eigenvalue weighted by Crippen LogP contribution is -2.35. The minimum absolute atomic E-state index is 0.0117. The van der Waals surface area contributed by atoms with Crippen LogP contribution in [-0.4, -0.2) is 34.4 Å². The molecular weight excluding hydrogens is 288 g/mol. The molecule has 1 aliphatic heterocycles. The summed E-state index contributed by atoms with van der Waals surface area (Å²) in [6.45, 7) is 1.81. The quantitative estimate of drug-likeness (QED) is 0.767. The fourth-order valence-electron chi connectivity index (χ4n) is 2.08. The number of hydrogen-bond acceptors (Lipinski definition) is 5. The van der Waals surface area contributed by atoms with E-state index in [1.54, 1.807) is 12.1 Å². The number of nitrogen functional groups attached to an aromatic ring is 1. The van der Waals surface area contributed by atoms with Gasteiger partial charge in [0.15, 0.2) is 9.84 Å². The van der Waals surface area contributed by atoms with E-state index in [2.05, 4.69) is 4.72 Å². The van der Waals surface area contributed by atoms with Crippen molar-refractivity contribution in [1.29, 1.82) is 0 Å². The molecule has 1 heterocycles. The van der Waals surface area contributed by atoms with Crippen LogP contribution in [0.5, 0.6) is 0 Å². The van der Waals surface area contributed by atoms with Crippen molar-refractivity contribution in [3.8, 4) is 0 Å². The Bertz CT molecular complexity index is 695. The Hall–Kier alpha value is -1.12. The van der Waals surface area contributed by atoms with E-state index in [-0.39, 0.29) is 22.1 Å². The minimum Gasteiger partial charge on any atom is -0.398 e. The lowest BCUT2D eigenvalue weighted by atomic mass is 10.2. The van der Waals surface area contributed by atoms with Crippen LogP contribution in [0.25, 0.3) is 0 Å². The van der Waals surface area contributed by atoms with Gasteiger partial charge in [-0.2, -0.15) is 0 Å². The molecule has 1 aliphatic rings. The highest BCUT2D eigenvalue weighted by molar-refractivity contribution is 7.92. The smallest absolute Gasteiger partial charge is 0.242 e. The van der Waals surface area contributed by atoms with Crippen LogP contribution >= 0.6 is 0 Å². The molecule has 0 amide bonds. The van der Waals surface area contributed by atoms with Crippen molar-refractivity contribution in [2.24, 2.45) is 0 Å². The van der Waals surface area contributed by atoms with Crippen LogP contribution in [-0.2, 0) is 19.9 Å². The maximum atomic E-state index is 12.1. The lowest BCUT2D eigenvalue weighted by molar-refractivity contribution is 0.563.